The monoisotopic (exact) mass is 299 g/mol. The quantitative estimate of drug-likeness (QED) is 0.784. The lowest BCUT2D eigenvalue weighted by molar-refractivity contribution is 0.139. The van der Waals surface area contributed by atoms with E-state index in [-0.39, 0.29) is 0 Å². The lowest BCUT2D eigenvalue weighted by Crippen LogP contribution is -2.39. The first kappa shape index (κ1) is 17.0. The maximum Gasteiger partial charge on any atom is 0.0991 e. The van der Waals surface area contributed by atoms with Crippen LogP contribution in [0.25, 0.3) is 0 Å². The summed E-state index contributed by atoms with van der Waals surface area (Å²) in [5.74, 6) is 1.71. The van der Waals surface area contributed by atoms with Crippen molar-refractivity contribution < 1.29 is 0 Å². The molecule has 0 bridgehead atoms. The van der Waals surface area contributed by atoms with Gasteiger partial charge < -0.3 is 10.2 Å². The summed E-state index contributed by atoms with van der Waals surface area (Å²) in [5, 5.41) is 12.4. The average Bonchev–Trinajstić information content (AvgIpc) is 2.50. The highest BCUT2D eigenvalue weighted by atomic mass is 15.1. The zero-order valence-corrected chi connectivity index (χ0v) is 14.0. The van der Waals surface area contributed by atoms with Gasteiger partial charge in [0, 0.05) is 19.6 Å². The number of nitrogens with zero attached hydrogens (tertiary/aromatic N) is 2. The lowest BCUT2D eigenvalue weighted by Gasteiger charge is -2.34. The summed E-state index contributed by atoms with van der Waals surface area (Å²) in [6, 6.07) is 10.0. The minimum Gasteiger partial charge on any atom is -0.313 e. The molecule has 1 saturated heterocycles. The van der Waals surface area contributed by atoms with Gasteiger partial charge in [0.25, 0.3) is 0 Å². The third-order valence-corrected chi connectivity index (χ3v) is 4.41. The Morgan fingerprint density at radius 1 is 1.23 bits per heavy atom. The van der Waals surface area contributed by atoms with Crippen molar-refractivity contribution in [3.63, 3.8) is 0 Å². The topological polar surface area (TPSA) is 39.1 Å². The molecule has 1 N–H and O–H groups in total. The van der Waals surface area contributed by atoms with Crippen molar-refractivity contribution in [3.8, 4) is 6.07 Å². The van der Waals surface area contributed by atoms with Crippen LogP contribution in [0.1, 0.15) is 44.2 Å². The summed E-state index contributed by atoms with van der Waals surface area (Å²) in [4.78, 5) is 2.63. The van der Waals surface area contributed by atoms with E-state index in [2.05, 4.69) is 36.2 Å². The van der Waals surface area contributed by atoms with Gasteiger partial charge in [0.1, 0.15) is 0 Å². The molecule has 1 aliphatic heterocycles. The van der Waals surface area contributed by atoms with E-state index < -0.39 is 0 Å². The van der Waals surface area contributed by atoms with Gasteiger partial charge in [-0.25, -0.2) is 0 Å². The zero-order valence-electron chi connectivity index (χ0n) is 14.0. The highest BCUT2D eigenvalue weighted by Crippen LogP contribution is 2.20. The Balaban J connectivity index is 1.57. The molecular weight excluding hydrogens is 270 g/mol. The van der Waals surface area contributed by atoms with Gasteiger partial charge in [0.15, 0.2) is 0 Å². The number of piperidine rings is 1. The Bertz CT molecular complexity index is 482. The lowest BCUT2D eigenvalue weighted by atomic mass is 9.92. The van der Waals surface area contributed by atoms with Crippen LogP contribution < -0.4 is 5.32 Å². The molecule has 1 aliphatic rings. The predicted octanol–water partition coefficient (Wildman–Crippen LogP) is 3.41. The largest absolute Gasteiger partial charge is 0.313 e. The van der Waals surface area contributed by atoms with Gasteiger partial charge in [-0.1, -0.05) is 26.0 Å². The van der Waals surface area contributed by atoms with E-state index in [0.717, 1.165) is 30.5 Å². The van der Waals surface area contributed by atoms with Crippen LogP contribution in [-0.2, 0) is 6.54 Å². The summed E-state index contributed by atoms with van der Waals surface area (Å²) in [6.07, 6.45) is 3.88. The van der Waals surface area contributed by atoms with Gasteiger partial charge in [-0.2, -0.15) is 5.26 Å². The van der Waals surface area contributed by atoms with Gasteiger partial charge >= 0.3 is 0 Å². The standard InChI is InChI=1S/C19H29N3/c1-16-10-17(2)15-22(14-16)9-4-3-8-21-13-19-7-5-6-18(11-19)12-20/h5-7,11,16-17,21H,3-4,8-10,13-15H2,1-2H3. The molecule has 0 radical (unpaired) electrons. The SMILES string of the molecule is CC1CC(C)CN(CCCCNCc2cccc(C#N)c2)C1. The van der Waals surface area contributed by atoms with Crippen LogP contribution in [0.3, 0.4) is 0 Å². The van der Waals surface area contributed by atoms with Crippen molar-refractivity contribution in [3.05, 3.63) is 35.4 Å². The molecule has 0 saturated carbocycles. The molecule has 120 valence electrons. The molecule has 1 heterocycles. The first-order chi connectivity index (χ1) is 10.7. The highest BCUT2D eigenvalue weighted by molar-refractivity contribution is 5.32. The Morgan fingerprint density at radius 2 is 2.00 bits per heavy atom. The van der Waals surface area contributed by atoms with Gasteiger partial charge in [0.05, 0.1) is 11.6 Å². The molecule has 2 unspecified atom stereocenters. The second-order valence-corrected chi connectivity index (χ2v) is 6.90. The molecular formula is C19H29N3. The molecule has 0 aliphatic carbocycles. The van der Waals surface area contributed by atoms with Gasteiger partial charge in [0.2, 0.25) is 0 Å². The summed E-state index contributed by atoms with van der Waals surface area (Å²) >= 11 is 0. The van der Waals surface area contributed by atoms with Crippen LogP contribution >= 0.6 is 0 Å². The van der Waals surface area contributed by atoms with Gasteiger partial charge in [-0.05, 0) is 61.9 Å². The number of unbranched alkanes of at least 4 members (excludes halogenated alkanes) is 1. The molecule has 0 spiro atoms. The summed E-state index contributed by atoms with van der Waals surface area (Å²) in [6.45, 7) is 10.4. The average molecular weight is 299 g/mol. The number of nitrogens with one attached hydrogen (secondary N) is 1. The first-order valence-electron chi connectivity index (χ1n) is 8.59. The summed E-state index contributed by atoms with van der Waals surface area (Å²) < 4.78 is 0. The number of rotatable bonds is 7. The minimum absolute atomic E-state index is 0.743. The molecule has 0 aromatic heterocycles. The molecule has 22 heavy (non-hydrogen) atoms. The minimum atomic E-state index is 0.743. The zero-order chi connectivity index (χ0) is 15.8. The fourth-order valence-corrected chi connectivity index (χ4v) is 3.54. The molecule has 2 atom stereocenters. The molecule has 2 rings (SSSR count). The third kappa shape index (κ3) is 5.79. The fourth-order valence-electron chi connectivity index (χ4n) is 3.54. The van der Waals surface area contributed by atoms with Gasteiger partial charge in [-0.3, -0.25) is 0 Å². The van der Waals surface area contributed by atoms with E-state index in [1.807, 2.05) is 18.2 Å². The van der Waals surface area contributed by atoms with Crippen molar-refractivity contribution >= 4 is 0 Å². The highest BCUT2D eigenvalue weighted by Gasteiger charge is 2.20. The van der Waals surface area contributed by atoms with Crippen molar-refractivity contribution in [2.24, 2.45) is 11.8 Å². The second kappa shape index (κ2) is 8.92. The van der Waals surface area contributed by atoms with Crippen LogP contribution in [0.2, 0.25) is 0 Å². The Labute approximate surface area is 135 Å². The molecule has 0 amide bonds. The summed E-state index contributed by atoms with van der Waals surface area (Å²) in [5.41, 5.74) is 1.94. The van der Waals surface area contributed by atoms with Crippen LogP contribution in [0, 0.1) is 23.2 Å². The van der Waals surface area contributed by atoms with E-state index in [1.165, 1.54) is 44.5 Å². The molecule has 1 aromatic rings. The number of hydrogen-bond acceptors (Lipinski definition) is 3. The van der Waals surface area contributed by atoms with Crippen LogP contribution in [0.15, 0.2) is 24.3 Å². The van der Waals surface area contributed by atoms with E-state index in [4.69, 9.17) is 5.26 Å². The van der Waals surface area contributed by atoms with E-state index in [0.29, 0.717) is 0 Å². The molecule has 1 fully saturated rings. The van der Waals surface area contributed by atoms with Crippen LogP contribution in [0.5, 0.6) is 0 Å². The smallest absolute Gasteiger partial charge is 0.0991 e. The fraction of sp³-hybridized carbons (Fsp3) is 0.632. The summed E-state index contributed by atoms with van der Waals surface area (Å²) in [7, 11) is 0. The Hall–Kier alpha value is -1.37. The van der Waals surface area contributed by atoms with Crippen LogP contribution in [-0.4, -0.2) is 31.1 Å². The first-order valence-corrected chi connectivity index (χ1v) is 8.59. The predicted molar refractivity (Wildman–Crippen MR) is 91.5 cm³/mol. The Morgan fingerprint density at radius 3 is 2.73 bits per heavy atom. The number of hydrogen-bond donors (Lipinski definition) is 1. The van der Waals surface area contributed by atoms with Crippen LogP contribution in [0.4, 0.5) is 0 Å². The number of likely N-dealkylation sites (tertiary alicyclic amines) is 1. The van der Waals surface area contributed by atoms with Crippen molar-refractivity contribution in [1.82, 2.24) is 10.2 Å². The maximum atomic E-state index is 8.89. The number of benzene rings is 1. The van der Waals surface area contributed by atoms with Gasteiger partial charge in [-0.15, -0.1) is 0 Å². The normalized spacial score (nSPS) is 22.4. The third-order valence-electron chi connectivity index (χ3n) is 4.41. The van der Waals surface area contributed by atoms with E-state index in [1.54, 1.807) is 0 Å². The molecule has 1 aromatic carbocycles. The maximum absolute atomic E-state index is 8.89. The molecule has 3 nitrogen and oxygen atoms in total. The second-order valence-electron chi connectivity index (χ2n) is 6.90. The molecule has 3 heteroatoms. The Kier molecular flexibility index (Phi) is 6.89. The van der Waals surface area contributed by atoms with Crippen molar-refractivity contribution in [2.75, 3.05) is 26.2 Å². The number of nitriles is 1. The van der Waals surface area contributed by atoms with E-state index >= 15 is 0 Å². The van der Waals surface area contributed by atoms with E-state index in [9.17, 15) is 0 Å². The van der Waals surface area contributed by atoms with Crippen molar-refractivity contribution in [2.45, 2.75) is 39.7 Å². The van der Waals surface area contributed by atoms with Crippen molar-refractivity contribution in [1.29, 1.82) is 5.26 Å².